The highest BCUT2D eigenvalue weighted by atomic mass is 79.9. The standard InChI is InChI=1S/C16H13BrN2O3/c1-11-5-7-13(10-15(11)17)18-16(20)8-6-12-3-2-4-14(9-12)19(21)22/h2-10H,1H3,(H,18,20)/b8-6+. The Morgan fingerprint density at radius 1 is 1.27 bits per heavy atom. The largest absolute Gasteiger partial charge is 0.322 e. The van der Waals surface area contributed by atoms with Gasteiger partial charge in [0, 0.05) is 28.4 Å². The molecule has 22 heavy (non-hydrogen) atoms. The molecule has 0 aromatic heterocycles. The molecule has 0 aliphatic heterocycles. The first-order valence-electron chi connectivity index (χ1n) is 6.45. The fourth-order valence-corrected chi connectivity index (χ4v) is 2.15. The molecular weight excluding hydrogens is 348 g/mol. The molecule has 2 rings (SSSR count). The zero-order chi connectivity index (χ0) is 16.1. The summed E-state index contributed by atoms with van der Waals surface area (Å²) < 4.78 is 0.910. The van der Waals surface area contributed by atoms with Crippen LogP contribution in [0.1, 0.15) is 11.1 Å². The van der Waals surface area contributed by atoms with Gasteiger partial charge < -0.3 is 5.32 Å². The molecule has 0 radical (unpaired) electrons. The number of non-ortho nitro benzene ring substituents is 1. The molecule has 0 atom stereocenters. The maximum absolute atomic E-state index is 11.9. The van der Waals surface area contributed by atoms with Gasteiger partial charge in [-0.1, -0.05) is 34.1 Å². The van der Waals surface area contributed by atoms with Crippen LogP contribution in [0, 0.1) is 17.0 Å². The number of aryl methyl sites for hydroxylation is 1. The van der Waals surface area contributed by atoms with E-state index in [9.17, 15) is 14.9 Å². The average Bonchev–Trinajstić information content (AvgIpc) is 2.49. The van der Waals surface area contributed by atoms with Crippen LogP contribution in [0.3, 0.4) is 0 Å². The highest BCUT2D eigenvalue weighted by molar-refractivity contribution is 9.10. The van der Waals surface area contributed by atoms with Gasteiger partial charge in [-0.25, -0.2) is 0 Å². The first-order valence-corrected chi connectivity index (χ1v) is 7.24. The van der Waals surface area contributed by atoms with E-state index in [2.05, 4.69) is 21.2 Å². The maximum atomic E-state index is 11.9. The lowest BCUT2D eigenvalue weighted by molar-refractivity contribution is -0.384. The summed E-state index contributed by atoms with van der Waals surface area (Å²) in [5.74, 6) is -0.303. The van der Waals surface area contributed by atoms with E-state index in [1.807, 2.05) is 19.1 Å². The molecular formula is C16H13BrN2O3. The van der Waals surface area contributed by atoms with Crippen LogP contribution >= 0.6 is 15.9 Å². The molecule has 0 heterocycles. The van der Waals surface area contributed by atoms with Gasteiger partial charge in [0.25, 0.3) is 5.69 Å². The van der Waals surface area contributed by atoms with Crippen molar-refractivity contribution >= 4 is 39.3 Å². The topological polar surface area (TPSA) is 72.2 Å². The summed E-state index contributed by atoms with van der Waals surface area (Å²) in [6.07, 6.45) is 2.87. The molecule has 112 valence electrons. The molecule has 2 aromatic carbocycles. The smallest absolute Gasteiger partial charge is 0.270 e. The van der Waals surface area contributed by atoms with Crippen molar-refractivity contribution in [3.8, 4) is 0 Å². The first kappa shape index (κ1) is 15.9. The van der Waals surface area contributed by atoms with E-state index in [1.54, 1.807) is 18.2 Å². The van der Waals surface area contributed by atoms with Gasteiger partial charge in [-0.05, 0) is 36.3 Å². The maximum Gasteiger partial charge on any atom is 0.270 e. The van der Waals surface area contributed by atoms with Gasteiger partial charge in [0.05, 0.1) is 4.92 Å². The van der Waals surface area contributed by atoms with Gasteiger partial charge in [-0.15, -0.1) is 0 Å². The van der Waals surface area contributed by atoms with Crippen LogP contribution in [-0.4, -0.2) is 10.8 Å². The predicted octanol–water partition coefficient (Wildman–Crippen LogP) is 4.32. The number of carbonyl (C=O) groups is 1. The predicted molar refractivity (Wildman–Crippen MR) is 89.6 cm³/mol. The lowest BCUT2D eigenvalue weighted by Crippen LogP contribution is -2.07. The summed E-state index contributed by atoms with van der Waals surface area (Å²) in [6, 6.07) is 11.6. The normalized spacial score (nSPS) is 10.6. The van der Waals surface area contributed by atoms with E-state index in [4.69, 9.17) is 0 Å². The van der Waals surface area contributed by atoms with Crippen LogP contribution in [0.5, 0.6) is 0 Å². The highest BCUT2D eigenvalue weighted by Crippen LogP contribution is 2.20. The lowest BCUT2D eigenvalue weighted by Gasteiger charge is -2.04. The quantitative estimate of drug-likeness (QED) is 0.501. The van der Waals surface area contributed by atoms with Gasteiger partial charge >= 0.3 is 0 Å². The van der Waals surface area contributed by atoms with Gasteiger partial charge in [0.1, 0.15) is 0 Å². The molecule has 0 saturated heterocycles. The Balaban J connectivity index is 2.06. The second-order valence-electron chi connectivity index (χ2n) is 4.64. The third kappa shape index (κ3) is 4.26. The number of rotatable bonds is 4. The number of amides is 1. The van der Waals surface area contributed by atoms with Gasteiger partial charge in [0.2, 0.25) is 5.91 Å². The summed E-state index contributed by atoms with van der Waals surface area (Å²) in [5, 5.41) is 13.4. The molecule has 6 heteroatoms. The van der Waals surface area contributed by atoms with Crippen molar-refractivity contribution < 1.29 is 9.72 Å². The molecule has 0 saturated carbocycles. The Morgan fingerprint density at radius 3 is 2.73 bits per heavy atom. The van der Waals surface area contributed by atoms with E-state index in [1.165, 1.54) is 24.3 Å². The third-order valence-corrected chi connectivity index (χ3v) is 3.80. The lowest BCUT2D eigenvalue weighted by atomic mass is 10.2. The number of carbonyl (C=O) groups excluding carboxylic acids is 1. The summed E-state index contributed by atoms with van der Waals surface area (Å²) in [4.78, 5) is 22.1. The second kappa shape index (κ2) is 7.00. The number of benzene rings is 2. The highest BCUT2D eigenvalue weighted by Gasteiger charge is 2.04. The number of hydrogen-bond acceptors (Lipinski definition) is 3. The number of nitrogens with zero attached hydrogens (tertiary/aromatic N) is 1. The van der Waals surface area contributed by atoms with Crippen molar-refractivity contribution in [2.45, 2.75) is 6.92 Å². The number of nitro benzene ring substituents is 1. The fourth-order valence-electron chi connectivity index (χ4n) is 1.77. The van der Waals surface area contributed by atoms with E-state index in [-0.39, 0.29) is 11.6 Å². The van der Waals surface area contributed by atoms with Crippen molar-refractivity contribution in [3.63, 3.8) is 0 Å². The molecule has 0 fully saturated rings. The SMILES string of the molecule is Cc1ccc(NC(=O)/C=C/c2cccc([N+](=O)[O-])c2)cc1Br. The minimum absolute atomic E-state index is 0.00924. The summed E-state index contributed by atoms with van der Waals surface area (Å²) in [6.45, 7) is 1.96. The Morgan fingerprint density at radius 2 is 2.05 bits per heavy atom. The van der Waals surface area contributed by atoms with E-state index < -0.39 is 4.92 Å². The van der Waals surface area contributed by atoms with Crippen LogP contribution in [0.25, 0.3) is 6.08 Å². The number of halogens is 1. The summed E-state index contributed by atoms with van der Waals surface area (Å²) in [5.41, 5.74) is 2.33. The van der Waals surface area contributed by atoms with Crippen LogP contribution in [0.4, 0.5) is 11.4 Å². The molecule has 1 amide bonds. The zero-order valence-electron chi connectivity index (χ0n) is 11.7. The Labute approximate surface area is 135 Å². The zero-order valence-corrected chi connectivity index (χ0v) is 13.3. The van der Waals surface area contributed by atoms with Crippen molar-refractivity contribution in [1.29, 1.82) is 0 Å². The van der Waals surface area contributed by atoms with Crippen LogP contribution in [0.2, 0.25) is 0 Å². The number of nitro groups is 1. The third-order valence-electron chi connectivity index (χ3n) is 2.95. The van der Waals surface area contributed by atoms with Gasteiger partial charge in [0.15, 0.2) is 0 Å². The minimum Gasteiger partial charge on any atom is -0.322 e. The van der Waals surface area contributed by atoms with Crippen LogP contribution < -0.4 is 5.32 Å². The van der Waals surface area contributed by atoms with E-state index in [0.29, 0.717) is 11.3 Å². The summed E-state index contributed by atoms with van der Waals surface area (Å²) >= 11 is 3.40. The number of anilines is 1. The Hall–Kier alpha value is -2.47. The van der Waals surface area contributed by atoms with Crippen LogP contribution in [0.15, 0.2) is 53.0 Å². The van der Waals surface area contributed by atoms with Crippen molar-refractivity contribution in [1.82, 2.24) is 0 Å². The second-order valence-corrected chi connectivity index (χ2v) is 5.49. The molecule has 2 aromatic rings. The fraction of sp³-hybridized carbons (Fsp3) is 0.0625. The monoisotopic (exact) mass is 360 g/mol. The molecule has 0 unspecified atom stereocenters. The molecule has 0 spiro atoms. The summed E-state index contributed by atoms with van der Waals surface area (Å²) in [7, 11) is 0. The number of hydrogen-bond donors (Lipinski definition) is 1. The molecule has 0 aliphatic rings. The Kier molecular flexibility index (Phi) is 5.06. The molecule has 0 bridgehead atoms. The van der Waals surface area contributed by atoms with Crippen molar-refractivity contribution in [3.05, 3.63) is 74.3 Å². The molecule has 0 aliphatic carbocycles. The average molecular weight is 361 g/mol. The molecule has 1 N–H and O–H groups in total. The van der Waals surface area contributed by atoms with E-state index >= 15 is 0 Å². The minimum atomic E-state index is -0.471. The molecule has 5 nitrogen and oxygen atoms in total. The van der Waals surface area contributed by atoms with Crippen molar-refractivity contribution in [2.24, 2.45) is 0 Å². The van der Waals surface area contributed by atoms with Crippen molar-refractivity contribution in [2.75, 3.05) is 5.32 Å². The van der Waals surface area contributed by atoms with Gasteiger partial charge in [-0.2, -0.15) is 0 Å². The number of nitrogens with one attached hydrogen (secondary N) is 1. The van der Waals surface area contributed by atoms with E-state index in [0.717, 1.165) is 10.0 Å². The first-order chi connectivity index (χ1) is 10.5. The Bertz CT molecular complexity index is 757. The van der Waals surface area contributed by atoms with Gasteiger partial charge in [-0.3, -0.25) is 14.9 Å². The van der Waals surface area contributed by atoms with Crippen LogP contribution in [-0.2, 0) is 4.79 Å².